The molecule has 1 aromatic heterocycles. The van der Waals surface area contributed by atoms with Gasteiger partial charge < -0.3 is 9.84 Å². The molecule has 3 aliphatic carbocycles. The molecule has 41 heavy (non-hydrogen) atoms. The summed E-state index contributed by atoms with van der Waals surface area (Å²) in [4.78, 5) is 27.1. The van der Waals surface area contributed by atoms with Crippen LogP contribution in [0.2, 0.25) is 0 Å². The lowest BCUT2D eigenvalue weighted by atomic mass is 9.44. The summed E-state index contributed by atoms with van der Waals surface area (Å²) in [6, 6.07) is 9.73. The Morgan fingerprint density at radius 1 is 1.24 bits per heavy atom. The van der Waals surface area contributed by atoms with Crippen molar-refractivity contribution in [3.63, 3.8) is 0 Å². The molecule has 8 nitrogen and oxygen atoms in total. The van der Waals surface area contributed by atoms with Gasteiger partial charge in [-0.05, 0) is 55.4 Å². The van der Waals surface area contributed by atoms with Gasteiger partial charge in [-0.25, -0.2) is 0 Å². The molecule has 0 aliphatic heterocycles. The zero-order valence-corrected chi connectivity index (χ0v) is 25.6. The first-order valence-corrected chi connectivity index (χ1v) is 15.6. The number of aliphatic hydroxyl groups excluding tert-OH is 1. The van der Waals surface area contributed by atoms with E-state index in [1.807, 2.05) is 50.3 Å². The Balaban J connectivity index is 1.40. The first-order valence-electron chi connectivity index (χ1n) is 14.6. The largest absolute Gasteiger partial charge is 0.461 e. The molecule has 3 fully saturated rings. The summed E-state index contributed by atoms with van der Waals surface area (Å²) < 4.78 is 7.97. The van der Waals surface area contributed by atoms with Crippen molar-refractivity contribution in [3.8, 4) is 0 Å². The van der Waals surface area contributed by atoms with E-state index in [0.29, 0.717) is 23.8 Å². The molecule has 8 atom stereocenters. The Morgan fingerprint density at radius 3 is 2.68 bits per heavy atom. The van der Waals surface area contributed by atoms with Crippen LogP contribution >= 0.6 is 11.8 Å². The van der Waals surface area contributed by atoms with Crippen LogP contribution < -0.4 is 0 Å². The highest BCUT2D eigenvalue weighted by Gasteiger charge is 2.68. The number of esters is 1. The van der Waals surface area contributed by atoms with Crippen LogP contribution in [0.5, 0.6) is 0 Å². The minimum atomic E-state index is -0.689. The predicted octanol–water partition coefficient (Wildman–Crippen LogP) is 5.47. The molecule has 0 unspecified atom stereocenters. The van der Waals surface area contributed by atoms with Crippen molar-refractivity contribution in [1.29, 1.82) is 0 Å². The van der Waals surface area contributed by atoms with Gasteiger partial charge in [0.2, 0.25) is 5.16 Å². The number of benzene rings is 1. The van der Waals surface area contributed by atoms with Gasteiger partial charge >= 0.3 is 5.97 Å². The highest BCUT2D eigenvalue weighted by atomic mass is 32.2. The van der Waals surface area contributed by atoms with Crippen LogP contribution in [0.25, 0.3) is 0 Å². The van der Waals surface area contributed by atoms with Crippen molar-refractivity contribution in [2.45, 2.75) is 84.1 Å². The topological polar surface area (TPSA) is 107 Å². The normalized spacial score (nSPS) is 36.9. The van der Waals surface area contributed by atoms with E-state index in [2.05, 4.69) is 42.6 Å². The van der Waals surface area contributed by atoms with Crippen molar-refractivity contribution in [1.82, 2.24) is 14.9 Å². The minimum Gasteiger partial charge on any atom is -0.461 e. The summed E-state index contributed by atoms with van der Waals surface area (Å²) in [7, 11) is 0. The molecule has 5 rings (SSSR count). The molecule has 0 amide bonds. The maximum Gasteiger partial charge on any atom is 0.316 e. The third-order valence-corrected chi connectivity index (χ3v) is 11.7. The van der Waals surface area contributed by atoms with Crippen LogP contribution in [0.4, 0.5) is 0 Å². The van der Waals surface area contributed by atoms with Crippen LogP contribution in [-0.2, 0) is 14.3 Å². The standard InChI is InChI=1S/C32H42N4O4S/c1-7-30(5)17-25(31(6)20(2)13-15-32(21(3)28(30)39)16-14-24(37)27(31)32)40-26(38)19-41-29-35-34-22(4)36(29)33-18-23-11-9-8-10-12-23/h7-12,18,20-21,25,27-28,39H,1,13-17,19H2,2-6H3/b33-18+/t20-,21+,25-,27+,28+,30-,31+,32+/m1/s1. The first-order chi connectivity index (χ1) is 19.5. The summed E-state index contributed by atoms with van der Waals surface area (Å²) >= 11 is 1.22. The third kappa shape index (κ3) is 4.99. The Bertz CT molecular complexity index is 1340. The Kier molecular flexibility index (Phi) is 8.07. The molecule has 1 N–H and O–H groups in total. The first kappa shape index (κ1) is 29.7. The second-order valence-corrected chi connectivity index (χ2v) is 13.8. The number of nitrogens with zero attached hydrogens (tertiary/aromatic N) is 4. The van der Waals surface area contributed by atoms with Crippen LogP contribution in [0.15, 0.2) is 53.2 Å². The number of ketones is 1. The number of thioether (sulfide) groups is 1. The zero-order chi connectivity index (χ0) is 29.6. The van der Waals surface area contributed by atoms with E-state index in [-0.39, 0.29) is 40.7 Å². The summed E-state index contributed by atoms with van der Waals surface area (Å²) in [5.41, 5.74) is -0.564. The number of hydrogen-bond acceptors (Lipinski definition) is 8. The molecule has 9 heteroatoms. The van der Waals surface area contributed by atoms with E-state index in [0.717, 1.165) is 24.8 Å². The van der Waals surface area contributed by atoms with E-state index < -0.39 is 23.0 Å². The molecule has 220 valence electrons. The fourth-order valence-electron chi connectivity index (χ4n) is 8.04. The highest BCUT2D eigenvalue weighted by Crippen LogP contribution is 2.68. The SMILES string of the molecule is C=C[C@]1(C)C[C@@H](OC(=O)CSc2nnc(C)n2/N=C/c2ccccc2)[C@]2(C)[C@H](C)CC[C@]3(CCC(=O)[C@H]32)[C@@H](C)[C@@H]1O. The average Bonchev–Trinajstić information content (AvgIpc) is 3.51. The number of carbonyl (C=O) groups excluding carboxylic acids is 2. The van der Waals surface area contributed by atoms with Crippen molar-refractivity contribution >= 4 is 29.7 Å². The van der Waals surface area contributed by atoms with Crippen molar-refractivity contribution in [2.75, 3.05) is 5.75 Å². The lowest BCUT2D eigenvalue weighted by Crippen LogP contribution is -2.63. The number of hydrogen-bond donors (Lipinski definition) is 1. The van der Waals surface area contributed by atoms with Gasteiger partial charge in [-0.15, -0.1) is 16.8 Å². The Labute approximate surface area is 247 Å². The number of ether oxygens (including phenoxy) is 1. The molecule has 0 radical (unpaired) electrons. The van der Waals surface area contributed by atoms with E-state index in [9.17, 15) is 14.7 Å². The number of aryl methyl sites for hydroxylation is 1. The van der Waals surface area contributed by atoms with Crippen molar-refractivity contribution < 1.29 is 19.4 Å². The Hall–Kier alpha value is -2.78. The zero-order valence-electron chi connectivity index (χ0n) is 24.7. The number of Topliss-reactive ketones (excluding diaryl/α,β-unsaturated/α-hetero) is 1. The van der Waals surface area contributed by atoms with E-state index in [1.54, 1.807) is 10.9 Å². The molecular formula is C32H42N4O4S. The fraction of sp³-hybridized carbons (Fsp3) is 0.594. The van der Waals surface area contributed by atoms with Crippen LogP contribution in [0.3, 0.4) is 0 Å². The van der Waals surface area contributed by atoms with Gasteiger partial charge in [0.05, 0.1) is 18.1 Å². The molecule has 3 saturated carbocycles. The third-order valence-electron chi connectivity index (χ3n) is 10.8. The number of rotatable bonds is 7. The van der Waals surface area contributed by atoms with Gasteiger partial charge in [-0.3, -0.25) is 9.59 Å². The fourth-order valence-corrected chi connectivity index (χ4v) is 8.76. The molecule has 2 aromatic rings. The van der Waals surface area contributed by atoms with E-state index in [4.69, 9.17) is 4.74 Å². The summed E-state index contributed by atoms with van der Waals surface area (Å²) in [5.74, 6) is 0.362. The smallest absolute Gasteiger partial charge is 0.316 e. The molecule has 0 saturated heterocycles. The van der Waals surface area contributed by atoms with Crippen LogP contribution in [-0.4, -0.2) is 55.9 Å². The van der Waals surface area contributed by atoms with E-state index in [1.165, 1.54) is 11.8 Å². The van der Waals surface area contributed by atoms with Crippen molar-refractivity contribution in [2.24, 2.45) is 39.1 Å². The van der Waals surface area contributed by atoms with Gasteiger partial charge in [-0.2, -0.15) is 9.78 Å². The average molecular weight is 579 g/mol. The Morgan fingerprint density at radius 2 is 1.98 bits per heavy atom. The minimum absolute atomic E-state index is 0.0213. The molecule has 2 bridgehead atoms. The molecule has 0 spiro atoms. The number of aliphatic hydroxyl groups is 1. The maximum absolute atomic E-state index is 13.6. The van der Waals surface area contributed by atoms with Gasteiger partial charge in [0.15, 0.2) is 5.82 Å². The van der Waals surface area contributed by atoms with Gasteiger partial charge in [0.1, 0.15) is 11.9 Å². The summed E-state index contributed by atoms with van der Waals surface area (Å²) in [5, 5.41) is 25.1. The lowest BCUT2D eigenvalue weighted by Gasteiger charge is -2.61. The number of aromatic nitrogens is 3. The lowest BCUT2D eigenvalue weighted by molar-refractivity contribution is -0.205. The second-order valence-electron chi connectivity index (χ2n) is 12.8. The molecular weight excluding hydrogens is 536 g/mol. The highest BCUT2D eigenvalue weighted by molar-refractivity contribution is 7.99. The number of carbonyl (C=O) groups is 2. The van der Waals surface area contributed by atoms with Gasteiger partial charge in [0, 0.05) is 23.2 Å². The molecule has 3 aliphatic rings. The molecule has 1 aromatic carbocycles. The molecule has 1 heterocycles. The van der Waals surface area contributed by atoms with Crippen molar-refractivity contribution in [3.05, 3.63) is 54.4 Å². The van der Waals surface area contributed by atoms with Gasteiger partial charge in [-0.1, -0.05) is 75.9 Å². The monoisotopic (exact) mass is 578 g/mol. The van der Waals surface area contributed by atoms with Gasteiger partial charge in [0.25, 0.3) is 0 Å². The predicted molar refractivity (Wildman–Crippen MR) is 160 cm³/mol. The summed E-state index contributed by atoms with van der Waals surface area (Å²) in [6.07, 6.45) is 5.86. The van der Waals surface area contributed by atoms with Crippen LogP contribution in [0.1, 0.15) is 71.2 Å². The van der Waals surface area contributed by atoms with Crippen LogP contribution in [0, 0.1) is 40.9 Å². The van der Waals surface area contributed by atoms with E-state index >= 15 is 0 Å². The summed E-state index contributed by atoms with van der Waals surface area (Å²) in [6.45, 7) is 14.3. The maximum atomic E-state index is 13.6. The second kappa shape index (κ2) is 11.1. The quantitative estimate of drug-likeness (QED) is 0.201.